The van der Waals surface area contributed by atoms with Crippen molar-refractivity contribution >= 4 is 0 Å². The average Bonchev–Trinajstić information content (AvgIpc) is 3.34. The molecule has 3 heteroatoms. The van der Waals surface area contributed by atoms with Gasteiger partial charge in [-0.2, -0.15) is 0 Å². The van der Waals surface area contributed by atoms with Crippen LogP contribution >= 0.6 is 0 Å². The molecule has 2 atom stereocenters. The minimum atomic E-state index is 0.333. The van der Waals surface area contributed by atoms with Gasteiger partial charge in [-0.25, -0.2) is 0 Å². The highest BCUT2D eigenvalue weighted by molar-refractivity contribution is 4.97. The Hall–Kier alpha value is -0.120. The molecule has 2 unspecified atom stereocenters. The van der Waals surface area contributed by atoms with Crippen molar-refractivity contribution in [3.63, 3.8) is 0 Å². The lowest BCUT2D eigenvalue weighted by Crippen LogP contribution is -2.60. The summed E-state index contributed by atoms with van der Waals surface area (Å²) in [7, 11) is 0. The quantitative estimate of drug-likeness (QED) is 0.802. The van der Waals surface area contributed by atoms with Crippen molar-refractivity contribution in [1.29, 1.82) is 0 Å². The van der Waals surface area contributed by atoms with Gasteiger partial charge in [0.1, 0.15) is 0 Å². The Kier molecular flexibility index (Phi) is 4.68. The number of hydrogen-bond donors (Lipinski definition) is 1. The molecule has 3 rings (SSSR count). The molecule has 1 aliphatic heterocycles. The van der Waals surface area contributed by atoms with E-state index in [1.54, 1.807) is 0 Å². The van der Waals surface area contributed by atoms with Crippen LogP contribution in [0.3, 0.4) is 0 Å². The number of rotatable bonds is 4. The lowest BCUT2D eigenvalue weighted by atomic mass is 9.86. The standard InChI is InChI=1S/C17H33N3/c1-2-15-4-3-8-17(14-18,9-7-15)20-12-10-19(11-13-20)16-5-6-16/h15-16H,2-14,18H2,1H3. The molecule has 116 valence electrons. The Morgan fingerprint density at radius 2 is 1.75 bits per heavy atom. The molecule has 0 aromatic heterocycles. The van der Waals surface area contributed by atoms with Crippen molar-refractivity contribution in [2.24, 2.45) is 11.7 Å². The van der Waals surface area contributed by atoms with Gasteiger partial charge in [-0.15, -0.1) is 0 Å². The highest BCUT2D eigenvalue weighted by Crippen LogP contribution is 2.37. The molecule has 0 spiro atoms. The molecule has 2 saturated carbocycles. The van der Waals surface area contributed by atoms with Crippen LogP contribution < -0.4 is 5.73 Å². The second-order valence-electron chi connectivity index (χ2n) is 7.39. The van der Waals surface area contributed by atoms with Crippen LogP contribution in [0.25, 0.3) is 0 Å². The van der Waals surface area contributed by atoms with Gasteiger partial charge in [-0.3, -0.25) is 9.80 Å². The van der Waals surface area contributed by atoms with Crippen LogP contribution in [0.2, 0.25) is 0 Å². The average molecular weight is 279 g/mol. The lowest BCUT2D eigenvalue weighted by molar-refractivity contribution is 0.0232. The molecule has 0 bridgehead atoms. The van der Waals surface area contributed by atoms with Crippen LogP contribution in [-0.2, 0) is 0 Å². The fraction of sp³-hybridized carbons (Fsp3) is 1.00. The van der Waals surface area contributed by atoms with E-state index in [0.29, 0.717) is 5.54 Å². The van der Waals surface area contributed by atoms with Gasteiger partial charge in [-0.05, 0) is 38.0 Å². The molecule has 0 aromatic rings. The van der Waals surface area contributed by atoms with Crippen molar-refractivity contribution < 1.29 is 0 Å². The summed E-state index contributed by atoms with van der Waals surface area (Å²) < 4.78 is 0. The first kappa shape index (κ1) is 14.8. The van der Waals surface area contributed by atoms with Gasteiger partial charge in [0.15, 0.2) is 0 Å². The van der Waals surface area contributed by atoms with E-state index in [-0.39, 0.29) is 0 Å². The molecular weight excluding hydrogens is 246 g/mol. The molecule has 1 saturated heterocycles. The predicted octanol–water partition coefficient (Wildman–Crippen LogP) is 2.45. The zero-order valence-electron chi connectivity index (χ0n) is 13.3. The zero-order valence-corrected chi connectivity index (χ0v) is 13.3. The maximum atomic E-state index is 6.28. The zero-order chi connectivity index (χ0) is 14.0. The van der Waals surface area contributed by atoms with Gasteiger partial charge in [0.2, 0.25) is 0 Å². The first-order chi connectivity index (χ1) is 9.77. The molecular formula is C17H33N3. The van der Waals surface area contributed by atoms with E-state index >= 15 is 0 Å². The summed E-state index contributed by atoms with van der Waals surface area (Å²) in [5, 5.41) is 0. The molecule has 20 heavy (non-hydrogen) atoms. The van der Waals surface area contributed by atoms with Crippen LogP contribution in [-0.4, -0.2) is 54.1 Å². The first-order valence-corrected chi connectivity index (χ1v) is 8.96. The third kappa shape index (κ3) is 3.05. The Morgan fingerprint density at radius 3 is 2.35 bits per heavy atom. The largest absolute Gasteiger partial charge is 0.329 e. The van der Waals surface area contributed by atoms with Gasteiger partial charge in [0.25, 0.3) is 0 Å². The van der Waals surface area contributed by atoms with Crippen LogP contribution in [0.4, 0.5) is 0 Å². The van der Waals surface area contributed by atoms with Crippen molar-refractivity contribution in [2.75, 3.05) is 32.7 Å². The monoisotopic (exact) mass is 279 g/mol. The van der Waals surface area contributed by atoms with E-state index in [4.69, 9.17) is 5.73 Å². The van der Waals surface area contributed by atoms with Crippen molar-refractivity contribution in [2.45, 2.75) is 69.9 Å². The Bertz CT molecular complexity index is 307. The number of piperazine rings is 1. The molecule has 0 aromatic carbocycles. The Balaban J connectivity index is 1.60. The van der Waals surface area contributed by atoms with Gasteiger partial charge >= 0.3 is 0 Å². The van der Waals surface area contributed by atoms with Crippen LogP contribution in [0.1, 0.15) is 58.3 Å². The second kappa shape index (κ2) is 6.33. The van der Waals surface area contributed by atoms with E-state index in [9.17, 15) is 0 Å². The van der Waals surface area contributed by atoms with Crippen LogP contribution in [0.15, 0.2) is 0 Å². The summed E-state index contributed by atoms with van der Waals surface area (Å²) in [6.45, 7) is 8.30. The maximum absolute atomic E-state index is 6.28. The summed E-state index contributed by atoms with van der Waals surface area (Å²) in [4.78, 5) is 5.48. The van der Waals surface area contributed by atoms with Crippen LogP contribution in [0, 0.1) is 5.92 Å². The topological polar surface area (TPSA) is 32.5 Å². The van der Waals surface area contributed by atoms with Crippen molar-refractivity contribution in [3.05, 3.63) is 0 Å². The van der Waals surface area contributed by atoms with E-state index in [2.05, 4.69) is 16.7 Å². The third-order valence-corrected chi connectivity index (χ3v) is 6.28. The molecule has 3 fully saturated rings. The number of nitrogens with zero attached hydrogens (tertiary/aromatic N) is 2. The van der Waals surface area contributed by atoms with E-state index < -0.39 is 0 Å². The van der Waals surface area contributed by atoms with Gasteiger partial charge in [0.05, 0.1) is 0 Å². The summed E-state index contributed by atoms with van der Waals surface area (Å²) >= 11 is 0. The fourth-order valence-corrected chi connectivity index (χ4v) is 4.52. The highest BCUT2D eigenvalue weighted by atomic mass is 15.3. The molecule has 3 aliphatic rings. The Labute approximate surface area is 124 Å². The number of nitrogens with two attached hydrogens (primary N) is 1. The maximum Gasteiger partial charge on any atom is 0.0332 e. The van der Waals surface area contributed by atoms with Gasteiger partial charge in [-0.1, -0.05) is 26.2 Å². The second-order valence-corrected chi connectivity index (χ2v) is 7.39. The predicted molar refractivity (Wildman–Crippen MR) is 84.8 cm³/mol. The molecule has 2 N–H and O–H groups in total. The molecule has 0 radical (unpaired) electrons. The fourth-order valence-electron chi connectivity index (χ4n) is 4.52. The van der Waals surface area contributed by atoms with E-state index in [1.165, 1.54) is 77.5 Å². The van der Waals surface area contributed by atoms with Crippen molar-refractivity contribution in [1.82, 2.24) is 9.80 Å². The highest BCUT2D eigenvalue weighted by Gasteiger charge is 2.40. The summed E-state index contributed by atoms with van der Waals surface area (Å²) in [6, 6.07) is 0.935. The van der Waals surface area contributed by atoms with E-state index in [0.717, 1.165) is 18.5 Å². The minimum Gasteiger partial charge on any atom is -0.329 e. The summed E-state index contributed by atoms with van der Waals surface area (Å²) in [6.07, 6.45) is 11.1. The summed E-state index contributed by atoms with van der Waals surface area (Å²) in [5.74, 6) is 0.955. The molecule has 1 heterocycles. The van der Waals surface area contributed by atoms with Gasteiger partial charge < -0.3 is 5.73 Å². The first-order valence-electron chi connectivity index (χ1n) is 8.96. The lowest BCUT2D eigenvalue weighted by Gasteiger charge is -2.47. The van der Waals surface area contributed by atoms with Gasteiger partial charge in [0, 0.05) is 44.3 Å². The number of hydrogen-bond acceptors (Lipinski definition) is 3. The van der Waals surface area contributed by atoms with E-state index in [1.807, 2.05) is 0 Å². The molecule has 3 nitrogen and oxygen atoms in total. The van der Waals surface area contributed by atoms with Crippen LogP contribution in [0.5, 0.6) is 0 Å². The Morgan fingerprint density at radius 1 is 1.00 bits per heavy atom. The molecule has 0 amide bonds. The minimum absolute atomic E-state index is 0.333. The summed E-state index contributed by atoms with van der Waals surface area (Å²) in [5.41, 5.74) is 6.61. The third-order valence-electron chi connectivity index (χ3n) is 6.28. The SMILES string of the molecule is CCC1CCCC(CN)(N2CCN(C3CC3)CC2)CC1. The molecule has 2 aliphatic carbocycles. The smallest absolute Gasteiger partial charge is 0.0332 e. The van der Waals surface area contributed by atoms with Crippen molar-refractivity contribution in [3.8, 4) is 0 Å². The normalized spacial score (nSPS) is 37.8.